The van der Waals surface area contributed by atoms with Gasteiger partial charge in [-0.3, -0.25) is 0 Å². The Morgan fingerprint density at radius 1 is 1.18 bits per heavy atom. The van der Waals surface area contributed by atoms with E-state index in [1.807, 2.05) is 6.07 Å². The van der Waals surface area contributed by atoms with Gasteiger partial charge in [-0.2, -0.15) is 9.97 Å². The molecule has 10 nitrogen and oxygen atoms in total. The molecule has 0 radical (unpaired) electrons. The van der Waals surface area contributed by atoms with E-state index in [4.69, 9.17) is 24.2 Å². The van der Waals surface area contributed by atoms with E-state index in [1.54, 1.807) is 12.0 Å². The van der Waals surface area contributed by atoms with Crippen molar-refractivity contribution < 1.29 is 24.1 Å². The van der Waals surface area contributed by atoms with Crippen LogP contribution in [-0.4, -0.2) is 95.6 Å². The maximum Gasteiger partial charge on any atom is 0.407 e. The highest BCUT2D eigenvalue weighted by Crippen LogP contribution is 2.46. The fraction of sp³-hybridized carbons (Fsp3) is 0.679. The molecule has 3 atom stereocenters. The van der Waals surface area contributed by atoms with E-state index in [2.05, 4.69) is 60.5 Å². The van der Waals surface area contributed by atoms with E-state index < -0.39 is 6.09 Å². The Hall–Kier alpha value is -2.53. The number of aromatic nitrogens is 2. The molecule has 39 heavy (non-hydrogen) atoms. The van der Waals surface area contributed by atoms with Gasteiger partial charge in [0.2, 0.25) is 0 Å². The van der Waals surface area contributed by atoms with Crippen molar-refractivity contribution in [2.75, 3.05) is 45.3 Å². The largest absolute Gasteiger partial charge is 0.495 e. The van der Waals surface area contributed by atoms with Crippen LogP contribution in [0, 0.1) is 5.41 Å². The van der Waals surface area contributed by atoms with Crippen molar-refractivity contribution in [3.05, 3.63) is 10.5 Å². The summed E-state index contributed by atoms with van der Waals surface area (Å²) in [6, 6.07) is 2.16. The fourth-order valence-electron chi connectivity index (χ4n) is 6.10. The number of hydrogen-bond acceptors (Lipinski definition) is 8. The van der Waals surface area contributed by atoms with Gasteiger partial charge in [0, 0.05) is 25.2 Å². The Morgan fingerprint density at radius 3 is 2.51 bits per heavy atom. The summed E-state index contributed by atoms with van der Waals surface area (Å²) in [6.07, 6.45) is 3.49. The zero-order valence-electron chi connectivity index (χ0n) is 23.7. The number of hydrogen-bond donors (Lipinski definition) is 1. The number of methoxy groups -OCH3 is 1. The first kappa shape index (κ1) is 28.0. The highest BCUT2D eigenvalue weighted by Gasteiger charge is 2.44. The molecule has 5 rings (SSSR count). The third-order valence-corrected chi connectivity index (χ3v) is 8.94. The third kappa shape index (κ3) is 5.57. The van der Waals surface area contributed by atoms with Crippen LogP contribution < -0.4 is 19.1 Å². The Labute approximate surface area is 238 Å². The summed E-state index contributed by atoms with van der Waals surface area (Å²) < 4.78 is 19.1. The maximum absolute atomic E-state index is 12.2. The summed E-state index contributed by atoms with van der Waals surface area (Å²) in [4.78, 5) is 28.1. The number of benzene rings is 1. The Kier molecular flexibility index (Phi) is 7.76. The maximum atomic E-state index is 12.2. The first-order chi connectivity index (χ1) is 18.5. The molecule has 3 fully saturated rings. The third-order valence-electron chi connectivity index (χ3n) is 8.19. The first-order valence-corrected chi connectivity index (χ1v) is 14.6. The first-order valence-electron chi connectivity index (χ1n) is 13.8. The fourth-order valence-corrected chi connectivity index (χ4v) is 6.66. The molecular formula is C28H40BrN5O5. The van der Waals surface area contributed by atoms with Crippen LogP contribution in [0.2, 0.25) is 0 Å². The number of piperazine rings is 1. The number of likely N-dealkylation sites (tertiary alicyclic amines) is 1. The molecule has 1 unspecified atom stereocenters. The number of carboxylic acid groups (broad SMARTS) is 1. The summed E-state index contributed by atoms with van der Waals surface area (Å²) in [6.45, 7) is 10.8. The molecule has 2 aliphatic heterocycles. The van der Waals surface area contributed by atoms with Crippen molar-refractivity contribution in [2.24, 2.45) is 5.41 Å². The van der Waals surface area contributed by atoms with Crippen molar-refractivity contribution in [2.45, 2.75) is 77.6 Å². The molecule has 1 amide bonds. The van der Waals surface area contributed by atoms with Crippen molar-refractivity contribution in [3.8, 4) is 17.5 Å². The van der Waals surface area contributed by atoms with Gasteiger partial charge in [-0.1, -0.05) is 20.8 Å². The molecule has 0 bridgehead atoms. The number of ether oxygens (including phenoxy) is 3. The second-order valence-corrected chi connectivity index (χ2v) is 12.9. The van der Waals surface area contributed by atoms with Gasteiger partial charge in [0.05, 0.1) is 24.6 Å². The van der Waals surface area contributed by atoms with Gasteiger partial charge < -0.3 is 34.0 Å². The molecule has 3 heterocycles. The van der Waals surface area contributed by atoms with Crippen LogP contribution in [0.15, 0.2) is 10.5 Å². The van der Waals surface area contributed by atoms with Gasteiger partial charge in [-0.25, -0.2) is 4.79 Å². The molecular weight excluding hydrogens is 566 g/mol. The van der Waals surface area contributed by atoms with E-state index in [-0.39, 0.29) is 23.6 Å². The average Bonchev–Trinajstić information content (AvgIpc) is 3.61. The summed E-state index contributed by atoms with van der Waals surface area (Å²) in [5.41, 5.74) is 0.377. The minimum atomic E-state index is -0.899. The lowest BCUT2D eigenvalue weighted by atomic mass is 9.80. The average molecular weight is 607 g/mol. The zero-order valence-corrected chi connectivity index (χ0v) is 25.3. The summed E-state index contributed by atoms with van der Waals surface area (Å²) in [7, 11) is 3.75. The lowest BCUT2D eigenvalue weighted by Crippen LogP contribution is -2.64. The quantitative estimate of drug-likeness (QED) is 0.466. The number of halogens is 1. The minimum absolute atomic E-state index is 0.148. The van der Waals surface area contributed by atoms with E-state index in [0.717, 1.165) is 37.6 Å². The smallest absolute Gasteiger partial charge is 0.407 e. The van der Waals surface area contributed by atoms with Crippen LogP contribution in [0.3, 0.4) is 0 Å². The summed E-state index contributed by atoms with van der Waals surface area (Å²) >= 11 is 3.69. The monoisotopic (exact) mass is 605 g/mol. The highest BCUT2D eigenvalue weighted by atomic mass is 79.9. The molecule has 1 saturated carbocycles. The van der Waals surface area contributed by atoms with Gasteiger partial charge in [0.1, 0.15) is 28.2 Å². The molecule has 3 aliphatic rings. The van der Waals surface area contributed by atoms with Crippen molar-refractivity contribution in [3.63, 3.8) is 0 Å². The number of carbonyl (C=O) groups is 1. The second-order valence-electron chi connectivity index (χ2n) is 12.1. The molecule has 1 N–H and O–H groups in total. The van der Waals surface area contributed by atoms with Crippen LogP contribution in [0.5, 0.6) is 17.5 Å². The minimum Gasteiger partial charge on any atom is -0.495 e. The molecule has 214 valence electrons. The molecule has 1 aromatic heterocycles. The second kappa shape index (κ2) is 10.8. The Bertz CT molecular complexity index is 1230. The number of amides is 1. The van der Waals surface area contributed by atoms with E-state index in [1.165, 1.54) is 0 Å². The molecule has 11 heteroatoms. The number of likely N-dealkylation sites (N-methyl/N-ethyl adjacent to an activating group) is 1. The van der Waals surface area contributed by atoms with Gasteiger partial charge in [-0.05, 0) is 73.6 Å². The van der Waals surface area contributed by atoms with Crippen LogP contribution in [-0.2, 0) is 0 Å². The lowest BCUT2D eigenvalue weighted by molar-refractivity contribution is 0.0562. The van der Waals surface area contributed by atoms with Gasteiger partial charge in [0.25, 0.3) is 0 Å². The predicted molar refractivity (Wildman–Crippen MR) is 153 cm³/mol. The molecule has 0 spiro atoms. The zero-order chi connectivity index (χ0) is 28.1. The molecule has 1 aromatic carbocycles. The Morgan fingerprint density at radius 2 is 1.92 bits per heavy atom. The predicted octanol–water partition coefficient (Wildman–Crippen LogP) is 5.02. The normalized spacial score (nSPS) is 24.3. The topological polar surface area (TPSA) is 100 Å². The van der Waals surface area contributed by atoms with Crippen molar-refractivity contribution in [1.29, 1.82) is 0 Å². The lowest BCUT2D eigenvalue weighted by Gasteiger charge is -2.51. The number of rotatable bonds is 7. The van der Waals surface area contributed by atoms with Crippen LogP contribution in [0.4, 0.5) is 10.6 Å². The van der Waals surface area contributed by atoms with E-state index in [0.29, 0.717) is 59.1 Å². The van der Waals surface area contributed by atoms with E-state index >= 15 is 0 Å². The molecule has 2 aromatic rings. The summed E-state index contributed by atoms with van der Waals surface area (Å²) in [5, 5.41) is 10.8. The molecule has 1 aliphatic carbocycles. The van der Waals surface area contributed by atoms with Crippen molar-refractivity contribution in [1.82, 2.24) is 19.8 Å². The van der Waals surface area contributed by atoms with Gasteiger partial charge >= 0.3 is 12.1 Å². The standard InChI is InChI=1S/C28H40BrN5O5/c1-16-24(28(2,3)4)34(27(35)36)13-12-33(16)25-19-14-20(37-6)21(29)23(39-18-9-10-18)22(19)30-26(31-25)38-15-17-8-7-11-32(17)5/h14,16-18,24H,7-13,15H2,1-6H3,(H,35,36)/t16?,17-,24+/m0/s1. The summed E-state index contributed by atoms with van der Waals surface area (Å²) in [5.74, 6) is 1.96. The van der Waals surface area contributed by atoms with E-state index in [9.17, 15) is 9.90 Å². The van der Waals surface area contributed by atoms with Crippen LogP contribution in [0.25, 0.3) is 10.9 Å². The van der Waals surface area contributed by atoms with Crippen LogP contribution in [0.1, 0.15) is 53.4 Å². The number of nitrogens with zero attached hydrogens (tertiary/aromatic N) is 5. The Balaban J connectivity index is 1.63. The SMILES string of the molecule is COc1cc2c(N3CCN(C(=O)O)[C@@H](C(C)(C)C)C3C)nc(OC[C@@H]3CCCN3C)nc2c(OC2CC2)c1Br. The van der Waals surface area contributed by atoms with Gasteiger partial charge in [-0.15, -0.1) is 0 Å². The number of anilines is 1. The van der Waals surface area contributed by atoms with Crippen LogP contribution >= 0.6 is 15.9 Å². The van der Waals surface area contributed by atoms with Gasteiger partial charge in [0.15, 0.2) is 5.75 Å². The molecule has 2 saturated heterocycles. The van der Waals surface area contributed by atoms with Crippen molar-refractivity contribution >= 4 is 38.7 Å². The number of fused-ring (bicyclic) bond motifs is 1. The highest BCUT2D eigenvalue weighted by molar-refractivity contribution is 9.10.